The number of benzene rings is 2. The van der Waals surface area contributed by atoms with Gasteiger partial charge in [0.15, 0.2) is 0 Å². The van der Waals surface area contributed by atoms with E-state index in [1.807, 2.05) is 72.5 Å². The number of nitrogen functional groups attached to an aromatic ring is 1. The molecule has 1 amide bonds. The number of aromatic nitrogens is 2. The minimum Gasteiger partial charge on any atom is -0.384 e. The molecule has 30 heavy (non-hydrogen) atoms. The van der Waals surface area contributed by atoms with Crippen LogP contribution in [0.5, 0.6) is 0 Å². The molecule has 1 aliphatic heterocycles. The van der Waals surface area contributed by atoms with Crippen molar-refractivity contribution >= 4 is 23.1 Å². The van der Waals surface area contributed by atoms with Crippen LogP contribution in [0.1, 0.15) is 41.6 Å². The zero-order chi connectivity index (χ0) is 21.1. The van der Waals surface area contributed by atoms with Crippen LogP contribution in [0, 0.1) is 6.92 Å². The molecule has 2 heterocycles. The summed E-state index contributed by atoms with van der Waals surface area (Å²) in [6.45, 7) is 5.41. The maximum Gasteiger partial charge on any atom is 0.255 e. The molecule has 1 aromatic heterocycles. The number of para-hydroxylation sites is 2. The topological polar surface area (TPSA) is 84.1 Å². The SMILES string of the molecule is Cc1nc(N)cc(C2(C)CCN(C(=O)c3ccccc3Nc3ccccc3)CC2)n1. The highest BCUT2D eigenvalue weighted by atomic mass is 16.2. The maximum atomic E-state index is 13.3. The van der Waals surface area contributed by atoms with Crippen molar-refractivity contribution < 1.29 is 4.79 Å². The molecule has 6 heteroatoms. The van der Waals surface area contributed by atoms with E-state index in [-0.39, 0.29) is 11.3 Å². The Labute approximate surface area is 177 Å². The van der Waals surface area contributed by atoms with Gasteiger partial charge in [0.2, 0.25) is 0 Å². The van der Waals surface area contributed by atoms with Gasteiger partial charge in [0.05, 0.1) is 16.9 Å². The van der Waals surface area contributed by atoms with Crippen molar-refractivity contribution in [1.29, 1.82) is 0 Å². The van der Waals surface area contributed by atoms with Gasteiger partial charge >= 0.3 is 0 Å². The lowest BCUT2D eigenvalue weighted by Crippen LogP contribution is -2.44. The molecule has 154 valence electrons. The quantitative estimate of drug-likeness (QED) is 0.681. The van der Waals surface area contributed by atoms with E-state index in [0.29, 0.717) is 30.3 Å². The zero-order valence-electron chi connectivity index (χ0n) is 17.4. The van der Waals surface area contributed by atoms with Crippen LogP contribution in [0.2, 0.25) is 0 Å². The van der Waals surface area contributed by atoms with E-state index < -0.39 is 0 Å². The third-order valence-electron chi connectivity index (χ3n) is 5.84. The Morgan fingerprint density at radius 2 is 1.70 bits per heavy atom. The van der Waals surface area contributed by atoms with Gasteiger partial charge in [-0.15, -0.1) is 0 Å². The number of aryl methyl sites for hydroxylation is 1. The van der Waals surface area contributed by atoms with E-state index in [1.165, 1.54) is 0 Å². The van der Waals surface area contributed by atoms with E-state index in [9.17, 15) is 4.79 Å². The van der Waals surface area contributed by atoms with Gasteiger partial charge in [-0.3, -0.25) is 4.79 Å². The number of amides is 1. The highest BCUT2D eigenvalue weighted by Crippen LogP contribution is 2.35. The second-order valence-electron chi connectivity index (χ2n) is 8.11. The van der Waals surface area contributed by atoms with E-state index >= 15 is 0 Å². The normalized spacial score (nSPS) is 15.6. The summed E-state index contributed by atoms with van der Waals surface area (Å²) in [4.78, 5) is 24.0. The van der Waals surface area contributed by atoms with Gasteiger partial charge < -0.3 is 16.0 Å². The summed E-state index contributed by atoms with van der Waals surface area (Å²) in [5.41, 5.74) is 9.25. The van der Waals surface area contributed by atoms with E-state index in [2.05, 4.69) is 22.2 Å². The van der Waals surface area contributed by atoms with Crippen molar-refractivity contribution in [3.05, 3.63) is 77.7 Å². The number of rotatable bonds is 4. The molecule has 0 radical (unpaired) electrons. The summed E-state index contributed by atoms with van der Waals surface area (Å²) in [7, 11) is 0. The number of hydrogen-bond acceptors (Lipinski definition) is 5. The number of nitrogens with one attached hydrogen (secondary N) is 1. The molecule has 1 aliphatic rings. The predicted molar refractivity (Wildman–Crippen MR) is 120 cm³/mol. The third kappa shape index (κ3) is 4.13. The Morgan fingerprint density at radius 3 is 2.40 bits per heavy atom. The average Bonchev–Trinajstić information content (AvgIpc) is 2.74. The zero-order valence-corrected chi connectivity index (χ0v) is 17.4. The number of hydrogen-bond donors (Lipinski definition) is 2. The Bertz CT molecular complexity index is 1020. The lowest BCUT2D eigenvalue weighted by atomic mass is 9.77. The number of carbonyl (C=O) groups is 1. The molecule has 0 atom stereocenters. The molecule has 0 unspecified atom stereocenters. The number of likely N-dealkylation sites (tertiary alicyclic amines) is 1. The lowest BCUT2D eigenvalue weighted by molar-refractivity contribution is 0.0674. The molecule has 2 aromatic carbocycles. The maximum absolute atomic E-state index is 13.3. The van der Waals surface area contributed by atoms with Crippen LogP contribution in [0.4, 0.5) is 17.2 Å². The van der Waals surface area contributed by atoms with Crippen LogP contribution in [-0.2, 0) is 5.41 Å². The lowest BCUT2D eigenvalue weighted by Gasteiger charge is -2.39. The van der Waals surface area contributed by atoms with Gasteiger partial charge in [-0.2, -0.15) is 0 Å². The molecule has 3 aromatic rings. The second-order valence-corrected chi connectivity index (χ2v) is 8.11. The largest absolute Gasteiger partial charge is 0.384 e. The van der Waals surface area contributed by atoms with Crippen LogP contribution in [0.25, 0.3) is 0 Å². The van der Waals surface area contributed by atoms with Gasteiger partial charge in [0.25, 0.3) is 5.91 Å². The van der Waals surface area contributed by atoms with Gasteiger partial charge in [0.1, 0.15) is 11.6 Å². The van der Waals surface area contributed by atoms with Crippen LogP contribution in [-0.4, -0.2) is 33.9 Å². The first-order valence-corrected chi connectivity index (χ1v) is 10.3. The fourth-order valence-corrected chi connectivity index (χ4v) is 3.99. The highest BCUT2D eigenvalue weighted by Gasteiger charge is 2.35. The summed E-state index contributed by atoms with van der Waals surface area (Å²) < 4.78 is 0. The minimum atomic E-state index is -0.111. The third-order valence-corrected chi connectivity index (χ3v) is 5.84. The molecule has 4 rings (SSSR count). The number of carbonyl (C=O) groups excluding carboxylic acids is 1. The Hall–Kier alpha value is -3.41. The molecule has 6 nitrogen and oxygen atoms in total. The Morgan fingerprint density at radius 1 is 1.03 bits per heavy atom. The van der Waals surface area contributed by atoms with E-state index in [1.54, 1.807) is 0 Å². The minimum absolute atomic E-state index is 0.0504. The number of nitrogens with zero attached hydrogens (tertiary/aromatic N) is 3. The highest BCUT2D eigenvalue weighted by molar-refractivity contribution is 6.00. The van der Waals surface area contributed by atoms with Crippen molar-refractivity contribution in [2.75, 3.05) is 24.1 Å². The molecule has 1 saturated heterocycles. The molecule has 0 bridgehead atoms. The number of anilines is 3. The molecule has 1 fully saturated rings. The summed E-state index contributed by atoms with van der Waals surface area (Å²) in [5.74, 6) is 1.23. The molecule has 0 aliphatic carbocycles. The first-order chi connectivity index (χ1) is 14.4. The average molecular weight is 402 g/mol. The van der Waals surface area contributed by atoms with Crippen LogP contribution >= 0.6 is 0 Å². The summed E-state index contributed by atoms with van der Waals surface area (Å²) in [5, 5.41) is 3.37. The van der Waals surface area contributed by atoms with Gasteiger partial charge in [-0.25, -0.2) is 9.97 Å². The van der Waals surface area contributed by atoms with Gasteiger partial charge in [-0.05, 0) is 44.0 Å². The van der Waals surface area contributed by atoms with E-state index in [4.69, 9.17) is 5.73 Å². The van der Waals surface area contributed by atoms with Crippen molar-refractivity contribution in [2.24, 2.45) is 0 Å². The number of nitrogens with two attached hydrogens (primary N) is 1. The van der Waals surface area contributed by atoms with Crippen molar-refractivity contribution in [2.45, 2.75) is 32.1 Å². The van der Waals surface area contributed by atoms with Crippen molar-refractivity contribution in [1.82, 2.24) is 14.9 Å². The molecule has 0 saturated carbocycles. The van der Waals surface area contributed by atoms with Crippen LogP contribution < -0.4 is 11.1 Å². The second kappa shape index (κ2) is 8.14. The summed E-state index contributed by atoms with van der Waals surface area (Å²) in [6.07, 6.45) is 1.67. The van der Waals surface area contributed by atoms with Crippen LogP contribution in [0.15, 0.2) is 60.7 Å². The van der Waals surface area contributed by atoms with E-state index in [0.717, 1.165) is 29.9 Å². The molecular weight excluding hydrogens is 374 g/mol. The fraction of sp³-hybridized carbons (Fsp3) is 0.292. The standard InChI is InChI=1S/C24H27N5O/c1-17-26-21(16-22(25)27-17)24(2)12-14-29(15-13-24)23(30)19-10-6-7-11-20(19)28-18-8-4-3-5-9-18/h3-11,16,28H,12-15H2,1-2H3,(H2,25,26,27). The van der Waals surface area contributed by atoms with Gasteiger partial charge in [-0.1, -0.05) is 37.3 Å². The predicted octanol–water partition coefficient (Wildman–Crippen LogP) is 4.30. The van der Waals surface area contributed by atoms with Gasteiger partial charge in [0, 0.05) is 30.3 Å². The fourth-order valence-electron chi connectivity index (χ4n) is 3.99. The first-order valence-electron chi connectivity index (χ1n) is 10.3. The van der Waals surface area contributed by atoms with Crippen LogP contribution in [0.3, 0.4) is 0 Å². The number of piperidine rings is 1. The summed E-state index contributed by atoms with van der Waals surface area (Å²) >= 11 is 0. The van der Waals surface area contributed by atoms with Crippen molar-refractivity contribution in [3.63, 3.8) is 0 Å². The Balaban J connectivity index is 1.50. The summed E-state index contributed by atoms with van der Waals surface area (Å²) in [6, 6.07) is 19.4. The molecule has 3 N–H and O–H groups in total. The Kier molecular flexibility index (Phi) is 5.40. The van der Waals surface area contributed by atoms with Crippen molar-refractivity contribution in [3.8, 4) is 0 Å². The molecule has 0 spiro atoms. The first kappa shape index (κ1) is 19.9. The molecular formula is C24H27N5O. The monoisotopic (exact) mass is 401 g/mol. The smallest absolute Gasteiger partial charge is 0.255 e.